The molecule has 0 amide bonds. The summed E-state index contributed by atoms with van der Waals surface area (Å²) in [4.78, 5) is 12.3. The highest BCUT2D eigenvalue weighted by Crippen LogP contribution is 2.42. The summed E-state index contributed by atoms with van der Waals surface area (Å²) in [6, 6.07) is 23.8. The number of ether oxygens (including phenoxy) is 3. The van der Waals surface area contributed by atoms with Crippen LogP contribution in [0.5, 0.6) is 11.5 Å². The molecule has 0 saturated heterocycles. The van der Waals surface area contributed by atoms with Crippen LogP contribution in [0.15, 0.2) is 77.4 Å². The van der Waals surface area contributed by atoms with Gasteiger partial charge >= 0.3 is 5.97 Å². The Bertz CT molecular complexity index is 1360. The number of benzene rings is 3. The summed E-state index contributed by atoms with van der Waals surface area (Å²) in [7, 11) is 1.42. The van der Waals surface area contributed by atoms with Crippen molar-refractivity contribution in [3.05, 3.63) is 94.1 Å². The third-order valence-electron chi connectivity index (χ3n) is 7.13. The lowest BCUT2D eigenvalue weighted by Gasteiger charge is -2.22. The average Bonchev–Trinajstić information content (AvgIpc) is 3.23. The van der Waals surface area contributed by atoms with Gasteiger partial charge in [-0.3, -0.25) is 0 Å². The molecule has 5 nitrogen and oxygen atoms in total. The van der Waals surface area contributed by atoms with Crippen LogP contribution in [0.1, 0.15) is 59.5 Å². The number of hydrogen-bond donors (Lipinski definition) is 0. The molecular formula is C31H32BrNO4. The second kappa shape index (κ2) is 11.9. The highest BCUT2D eigenvalue weighted by Gasteiger charge is 2.25. The first-order valence-corrected chi connectivity index (χ1v) is 13.7. The van der Waals surface area contributed by atoms with Crippen molar-refractivity contribution in [1.82, 2.24) is 4.57 Å². The van der Waals surface area contributed by atoms with Crippen LogP contribution in [-0.4, -0.2) is 24.3 Å². The van der Waals surface area contributed by atoms with Crippen molar-refractivity contribution in [3.63, 3.8) is 0 Å². The van der Waals surface area contributed by atoms with E-state index in [0.29, 0.717) is 37.0 Å². The quantitative estimate of drug-likeness (QED) is 0.195. The molecule has 0 radical (unpaired) electrons. The maximum Gasteiger partial charge on any atom is 0.337 e. The lowest BCUT2D eigenvalue weighted by molar-refractivity contribution is 0.0601. The molecule has 1 saturated carbocycles. The molecule has 1 aliphatic rings. The van der Waals surface area contributed by atoms with Crippen molar-refractivity contribution < 1.29 is 19.0 Å². The van der Waals surface area contributed by atoms with Crippen LogP contribution < -0.4 is 9.47 Å². The zero-order valence-corrected chi connectivity index (χ0v) is 22.7. The van der Waals surface area contributed by atoms with Gasteiger partial charge in [0.05, 0.1) is 29.3 Å². The molecule has 0 spiro atoms. The number of esters is 1. The van der Waals surface area contributed by atoms with Crippen LogP contribution in [0.25, 0.3) is 10.9 Å². The molecule has 0 unspecified atom stereocenters. The SMILES string of the molecule is COC(=O)c1ccc2c(C3CCCCC3)c(Br)n(CCOc3ccccc3OCc3ccccc3)c2c1. The van der Waals surface area contributed by atoms with Crippen molar-refractivity contribution in [2.75, 3.05) is 13.7 Å². The lowest BCUT2D eigenvalue weighted by Crippen LogP contribution is -2.10. The van der Waals surface area contributed by atoms with Gasteiger partial charge in [-0.2, -0.15) is 0 Å². The number of methoxy groups -OCH3 is 1. The van der Waals surface area contributed by atoms with E-state index in [1.165, 1.54) is 50.2 Å². The maximum atomic E-state index is 12.3. The molecule has 0 N–H and O–H groups in total. The lowest BCUT2D eigenvalue weighted by atomic mass is 9.84. The van der Waals surface area contributed by atoms with Crippen LogP contribution in [0.3, 0.4) is 0 Å². The van der Waals surface area contributed by atoms with Crippen LogP contribution >= 0.6 is 15.9 Å². The topological polar surface area (TPSA) is 49.7 Å². The Morgan fingerprint density at radius 1 is 0.919 bits per heavy atom. The first kappa shape index (κ1) is 25.4. The summed E-state index contributed by atoms with van der Waals surface area (Å²) in [6.07, 6.45) is 6.21. The molecule has 1 fully saturated rings. The van der Waals surface area contributed by atoms with Gasteiger partial charge in [-0.1, -0.05) is 67.8 Å². The minimum absolute atomic E-state index is 0.328. The van der Waals surface area contributed by atoms with Crippen molar-refractivity contribution in [1.29, 1.82) is 0 Å². The van der Waals surface area contributed by atoms with Gasteiger partial charge in [0, 0.05) is 5.39 Å². The van der Waals surface area contributed by atoms with Gasteiger partial charge < -0.3 is 18.8 Å². The largest absolute Gasteiger partial charge is 0.488 e. The second-order valence-corrected chi connectivity index (χ2v) is 10.2. The number of rotatable bonds is 9. The Morgan fingerprint density at radius 3 is 2.35 bits per heavy atom. The molecule has 37 heavy (non-hydrogen) atoms. The number of halogens is 1. The van der Waals surface area contributed by atoms with E-state index in [0.717, 1.165) is 21.4 Å². The second-order valence-electron chi connectivity index (χ2n) is 9.48. The predicted octanol–water partition coefficient (Wildman–Crippen LogP) is 7.90. The molecule has 192 valence electrons. The minimum atomic E-state index is -0.328. The Hall–Kier alpha value is -3.25. The highest BCUT2D eigenvalue weighted by atomic mass is 79.9. The number of nitrogens with zero attached hydrogens (tertiary/aromatic N) is 1. The zero-order valence-electron chi connectivity index (χ0n) is 21.1. The summed E-state index contributed by atoms with van der Waals surface area (Å²) in [6.45, 7) is 1.57. The normalized spacial score (nSPS) is 14.0. The predicted molar refractivity (Wildman–Crippen MR) is 150 cm³/mol. The van der Waals surface area contributed by atoms with Crippen molar-refractivity contribution in [2.24, 2.45) is 0 Å². The molecule has 0 bridgehead atoms. The molecule has 1 aliphatic carbocycles. The number of aromatic nitrogens is 1. The van der Waals surface area contributed by atoms with E-state index in [4.69, 9.17) is 14.2 Å². The Morgan fingerprint density at radius 2 is 1.62 bits per heavy atom. The van der Waals surface area contributed by atoms with E-state index in [1.807, 2.05) is 66.7 Å². The maximum absolute atomic E-state index is 12.3. The van der Waals surface area contributed by atoms with Crippen LogP contribution in [0, 0.1) is 0 Å². The molecular weight excluding hydrogens is 530 g/mol. The molecule has 4 aromatic rings. The molecule has 1 aromatic heterocycles. The fourth-order valence-corrected chi connectivity index (χ4v) is 6.16. The zero-order chi connectivity index (χ0) is 25.6. The molecule has 1 heterocycles. The third kappa shape index (κ3) is 5.69. The Balaban J connectivity index is 1.37. The first-order chi connectivity index (χ1) is 18.2. The standard InChI is InChI=1S/C31H32BrNO4/c1-35-31(34)24-16-17-25-26(20-24)33(30(32)29(25)23-12-6-3-7-13-23)18-19-36-27-14-8-9-15-28(27)37-21-22-10-4-2-5-11-22/h2,4-5,8-11,14-17,20,23H,3,6-7,12-13,18-19,21H2,1H3. The van der Waals surface area contributed by atoms with Gasteiger partial charge in [-0.15, -0.1) is 0 Å². The Kier molecular flexibility index (Phi) is 8.15. The smallest absolute Gasteiger partial charge is 0.337 e. The van der Waals surface area contributed by atoms with Crippen molar-refractivity contribution in [2.45, 2.75) is 51.2 Å². The number of fused-ring (bicyclic) bond motifs is 1. The number of para-hydroxylation sites is 2. The van der Waals surface area contributed by atoms with Crippen LogP contribution in [0.2, 0.25) is 0 Å². The van der Waals surface area contributed by atoms with E-state index in [9.17, 15) is 4.79 Å². The summed E-state index contributed by atoms with van der Waals surface area (Å²) in [5.41, 5.74) is 4.03. The van der Waals surface area contributed by atoms with Crippen molar-refractivity contribution >= 4 is 32.8 Å². The third-order valence-corrected chi connectivity index (χ3v) is 7.99. The van der Waals surface area contributed by atoms with Crippen LogP contribution in [0.4, 0.5) is 0 Å². The molecule has 5 rings (SSSR count). The Labute approximate surface area is 226 Å². The summed E-state index contributed by atoms with van der Waals surface area (Å²) in [5, 5.41) is 1.19. The van der Waals surface area contributed by atoms with Gasteiger partial charge in [0.15, 0.2) is 11.5 Å². The molecule has 6 heteroatoms. The number of carbonyl (C=O) groups is 1. The molecule has 3 aromatic carbocycles. The number of carbonyl (C=O) groups excluding carboxylic acids is 1. The van der Waals surface area contributed by atoms with Gasteiger partial charge in [-0.25, -0.2) is 4.79 Å². The molecule has 0 aliphatic heterocycles. The van der Waals surface area contributed by atoms with E-state index in [-0.39, 0.29) is 5.97 Å². The van der Waals surface area contributed by atoms with E-state index < -0.39 is 0 Å². The van der Waals surface area contributed by atoms with Crippen molar-refractivity contribution in [3.8, 4) is 11.5 Å². The van der Waals surface area contributed by atoms with Gasteiger partial charge in [-0.05, 0) is 70.1 Å². The van der Waals surface area contributed by atoms with Gasteiger partial charge in [0.2, 0.25) is 0 Å². The van der Waals surface area contributed by atoms with Crippen LogP contribution in [-0.2, 0) is 17.9 Å². The average molecular weight is 563 g/mol. The number of hydrogen-bond acceptors (Lipinski definition) is 4. The summed E-state index contributed by atoms with van der Waals surface area (Å²) >= 11 is 3.93. The van der Waals surface area contributed by atoms with E-state index in [2.05, 4.69) is 26.6 Å². The van der Waals surface area contributed by atoms with E-state index >= 15 is 0 Å². The fourth-order valence-electron chi connectivity index (χ4n) is 5.26. The monoisotopic (exact) mass is 561 g/mol. The first-order valence-electron chi connectivity index (χ1n) is 12.9. The molecule has 0 atom stereocenters. The minimum Gasteiger partial charge on any atom is -0.488 e. The van der Waals surface area contributed by atoms with Gasteiger partial charge in [0.25, 0.3) is 0 Å². The summed E-state index contributed by atoms with van der Waals surface area (Å²) < 4.78 is 20.6. The van der Waals surface area contributed by atoms with E-state index in [1.54, 1.807) is 0 Å². The summed E-state index contributed by atoms with van der Waals surface area (Å²) in [5.74, 6) is 1.63. The highest BCUT2D eigenvalue weighted by molar-refractivity contribution is 9.10. The fraction of sp³-hybridized carbons (Fsp3) is 0.323. The van der Waals surface area contributed by atoms with Gasteiger partial charge in [0.1, 0.15) is 13.2 Å².